The Kier molecular flexibility index (Phi) is 12.0. The third-order valence-electron chi connectivity index (χ3n) is 10.9. The summed E-state index contributed by atoms with van der Waals surface area (Å²) in [6.07, 6.45) is 1.64. The van der Waals surface area contributed by atoms with Crippen LogP contribution < -0.4 is 21.7 Å². The number of anilines is 3. The number of rotatable bonds is 4. The molecule has 4 aromatic carbocycles. The highest BCUT2D eigenvalue weighted by Crippen LogP contribution is 2.33. The number of aryl methyl sites for hydroxylation is 4. The highest BCUT2D eigenvalue weighted by molar-refractivity contribution is 6.30. The molecule has 0 unspecified atom stereocenters. The van der Waals surface area contributed by atoms with E-state index in [-0.39, 0.29) is 19.2 Å². The van der Waals surface area contributed by atoms with Gasteiger partial charge in [0.2, 0.25) is 0 Å². The van der Waals surface area contributed by atoms with Crippen molar-refractivity contribution in [3.63, 3.8) is 0 Å². The van der Waals surface area contributed by atoms with Gasteiger partial charge in [0.25, 0.3) is 11.8 Å². The van der Waals surface area contributed by atoms with Gasteiger partial charge in [-0.05, 0) is 86.3 Å². The molecule has 11 heteroatoms. The number of carbonyl (C=O) groups is 2. The third kappa shape index (κ3) is 8.46. The molecule has 10 rings (SSSR count). The van der Waals surface area contributed by atoms with E-state index in [1.807, 2.05) is 86.6 Å². The smallest absolute Gasteiger partial charge is 0.253 e. The van der Waals surface area contributed by atoms with Crippen LogP contribution in [0, 0.1) is 27.7 Å². The van der Waals surface area contributed by atoms with E-state index in [4.69, 9.17) is 22.3 Å². The zero-order valence-electron chi connectivity index (χ0n) is 33.4. The average molecular weight is 817 g/mol. The maximum Gasteiger partial charge on any atom is 0.253 e. The van der Waals surface area contributed by atoms with Crippen molar-refractivity contribution in [3.8, 4) is 22.5 Å². The molecule has 8 aromatic rings. The number of H-pyrrole nitrogens is 2. The van der Waals surface area contributed by atoms with Gasteiger partial charge < -0.3 is 31.7 Å². The first-order valence-electron chi connectivity index (χ1n) is 19.6. The van der Waals surface area contributed by atoms with Crippen molar-refractivity contribution >= 4 is 62.4 Å². The molecule has 0 atom stereocenters. The molecule has 60 heavy (non-hydrogen) atoms. The highest BCUT2D eigenvalue weighted by Gasteiger charge is 2.22. The summed E-state index contributed by atoms with van der Waals surface area (Å²) >= 11 is 6.02. The van der Waals surface area contributed by atoms with Crippen molar-refractivity contribution < 1.29 is 9.59 Å². The second kappa shape index (κ2) is 17.5. The standard InChI is InChI=1S/C24H22N4O.C16H12ClN3O.C8H11N.CH4/c1-14-5-3-6-15(2)22(14)27-21-10-9-16-7-4-8-17(23(16)28-21)20-13-18-19(26-20)11-12-25-24(18)29;17-14-5-4-9-2-1-3-10(15(9)20-14)13-8-11-12(19-13)6-7-18-16(11)21;1-6-4-3-5-7(2)8(6)9;/h3-10,13,26H,11-12H2,1-2H3,(H,25,29)(H,27,28);1-5,8,19H,6-7H2,(H,18,21);3-5H,9H2,1-2H3;1H4. The van der Waals surface area contributed by atoms with Crippen LogP contribution in [-0.2, 0) is 12.8 Å². The molecule has 0 saturated heterocycles. The van der Waals surface area contributed by atoms with Crippen LogP contribution in [0.1, 0.15) is 61.8 Å². The fourth-order valence-corrected chi connectivity index (χ4v) is 7.77. The number of carbonyl (C=O) groups excluding carboxylic acids is 2. The SMILES string of the molecule is C.Cc1cccc(C)c1N.Cc1cccc(C)c1Nc1ccc2cccc(-c3cc4c([nH]3)CCNC4=O)c2n1.O=C1NCCc2[nH]c(-c3cccc4ccc(Cl)nc34)cc21. The minimum Gasteiger partial charge on any atom is -0.398 e. The van der Waals surface area contributed by atoms with Crippen LogP contribution in [0.5, 0.6) is 0 Å². The number of aromatic nitrogens is 4. The van der Waals surface area contributed by atoms with E-state index in [0.717, 1.165) is 108 Å². The molecule has 4 aromatic heterocycles. The van der Waals surface area contributed by atoms with Crippen molar-refractivity contribution in [2.75, 3.05) is 24.1 Å². The molecular formula is C49H49ClN8O2. The number of fused-ring (bicyclic) bond motifs is 4. The van der Waals surface area contributed by atoms with E-state index in [1.54, 1.807) is 6.07 Å². The van der Waals surface area contributed by atoms with E-state index in [0.29, 0.717) is 18.2 Å². The lowest BCUT2D eigenvalue weighted by Crippen LogP contribution is -2.31. The molecule has 0 spiro atoms. The quantitative estimate of drug-likeness (QED) is 0.0768. The predicted octanol–water partition coefficient (Wildman–Crippen LogP) is 10.6. The summed E-state index contributed by atoms with van der Waals surface area (Å²) in [5.41, 5.74) is 21.3. The monoisotopic (exact) mass is 816 g/mol. The zero-order chi connectivity index (χ0) is 41.2. The fraction of sp³-hybridized carbons (Fsp3) is 0.184. The Bertz CT molecular complexity index is 2850. The van der Waals surface area contributed by atoms with Gasteiger partial charge in [0.15, 0.2) is 0 Å². The normalized spacial score (nSPS) is 12.8. The largest absolute Gasteiger partial charge is 0.398 e. The summed E-state index contributed by atoms with van der Waals surface area (Å²) in [6.45, 7) is 9.56. The zero-order valence-corrected chi connectivity index (χ0v) is 34.1. The molecule has 6 heterocycles. The van der Waals surface area contributed by atoms with Crippen LogP contribution in [-0.4, -0.2) is 44.8 Å². The third-order valence-corrected chi connectivity index (χ3v) is 11.1. The van der Waals surface area contributed by atoms with Gasteiger partial charge >= 0.3 is 0 Å². The Hall–Kier alpha value is -6.91. The van der Waals surface area contributed by atoms with Crippen molar-refractivity contribution in [2.45, 2.75) is 48.0 Å². The number of benzene rings is 4. The number of nitrogens with two attached hydrogens (primary N) is 1. The summed E-state index contributed by atoms with van der Waals surface area (Å²) in [7, 11) is 0. The van der Waals surface area contributed by atoms with Crippen molar-refractivity contribution in [1.82, 2.24) is 30.6 Å². The predicted molar refractivity (Wildman–Crippen MR) is 246 cm³/mol. The van der Waals surface area contributed by atoms with Gasteiger partial charge in [-0.1, -0.05) is 91.8 Å². The van der Waals surface area contributed by atoms with Crippen molar-refractivity contribution in [2.24, 2.45) is 0 Å². The number of nitrogens with zero attached hydrogens (tertiary/aromatic N) is 2. The Labute approximate surface area is 355 Å². The number of halogens is 1. The van der Waals surface area contributed by atoms with Gasteiger partial charge in [-0.2, -0.15) is 0 Å². The summed E-state index contributed by atoms with van der Waals surface area (Å²) in [4.78, 5) is 40.2. The molecule has 0 bridgehead atoms. The molecule has 0 radical (unpaired) electrons. The van der Waals surface area contributed by atoms with E-state index >= 15 is 0 Å². The lowest BCUT2D eigenvalue weighted by atomic mass is 10.1. The minimum atomic E-state index is -0.0232. The fourth-order valence-electron chi connectivity index (χ4n) is 7.62. The van der Waals surface area contributed by atoms with Crippen molar-refractivity contribution in [3.05, 3.63) is 159 Å². The second-order valence-electron chi connectivity index (χ2n) is 14.9. The van der Waals surface area contributed by atoms with Crippen molar-refractivity contribution in [1.29, 1.82) is 0 Å². The van der Waals surface area contributed by atoms with Crippen LogP contribution in [0.25, 0.3) is 44.3 Å². The number of nitrogens with one attached hydrogen (secondary N) is 5. The summed E-state index contributed by atoms with van der Waals surface area (Å²) in [6, 6.07) is 36.0. The Morgan fingerprint density at radius 1 is 0.583 bits per heavy atom. The second-order valence-corrected chi connectivity index (χ2v) is 15.3. The van der Waals surface area contributed by atoms with Gasteiger partial charge in [-0.25, -0.2) is 9.97 Å². The van der Waals surface area contributed by atoms with E-state index in [2.05, 4.69) is 75.1 Å². The molecule has 7 N–H and O–H groups in total. The topological polar surface area (TPSA) is 154 Å². The van der Waals surface area contributed by atoms with Crippen LogP contribution in [0.3, 0.4) is 0 Å². The lowest BCUT2D eigenvalue weighted by molar-refractivity contribution is 0.0937. The first-order chi connectivity index (χ1) is 28.5. The summed E-state index contributed by atoms with van der Waals surface area (Å²) < 4.78 is 0. The average Bonchev–Trinajstić information content (AvgIpc) is 3.88. The number of hydrogen-bond donors (Lipinski definition) is 6. The molecule has 2 amide bonds. The van der Waals surface area contributed by atoms with E-state index in [1.165, 1.54) is 11.1 Å². The van der Waals surface area contributed by atoms with Gasteiger partial charge in [-0.15, -0.1) is 0 Å². The Morgan fingerprint density at radius 3 is 1.55 bits per heavy atom. The lowest BCUT2D eigenvalue weighted by Gasteiger charge is -2.13. The minimum absolute atomic E-state index is 0. The number of nitrogen functional groups attached to an aromatic ring is 1. The van der Waals surface area contributed by atoms with E-state index < -0.39 is 0 Å². The molecule has 10 nitrogen and oxygen atoms in total. The first kappa shape index (κ1) is 41.3. The van der Waals surface area contributed by atoms with Crippen LogP contribution in [0.4, 0.5) is 17.2 Å². The Balaban J connectivity index is 0.000000153. The molecule has 2 aliphatic heterocycles. The molecule has 0 fully saturated rings. The maximum absolute atomic E-state index is 12.2. The van der Waals surface area contributed by atoms with Gasteiger partial charge in [0.05, 0.1) is 22.2 Å². The van der Waals surface area contributed by atoms with Gasteiger partial charge in [0, 0.05) is 82.0 Å². The number of pyridine rings is 2. The van der Waals surface area contributed by atoms with Gasteiger partial charge in [-0.3, -0.25) is 9.59 Å². The molecular weight excluding hydrogens is 768 g/mol. The molecule has 0 saturated carbocycles. The summed E-state index contributed by atoms with van der Waals surface area (Å²) in [5, 5.41) is 11.8. The van der Waals surface area contributed by atoms with E-state index in [9.17, 15) is 9.59 Å². The first-order valence-corrected chi connectivity index (χ1v) is 20.0. The number of aromatic amines is 2. The molecule has 2 aliphatic rings. The van der Waals surface area contributed by atoms with Crippen LogP contribution in [0.15, 0.2) is 109 Å². The Morgan fingerprint density at radius 2 is 1.05 bits per heavy atom. The number of amides is 2. The van der Waals surface area contributed by atoms with Gasteiger partial charge in [0.1, 0.15) is 11.0 Å². The maximum atomic E-state index is 12.2. The highest BCUT2D eigenvalue weighted by atomic mass is 35.5. The molecule has 304 valence electrons. The van der Waals surface area contributed by atoms with Crippen LogP contribution >= 0.6 is 11.6 Å². The van der Waals surface area contributed by atoms with Crippen LogP contribution in [0.2, 0.25) is 5.15 Å². The summed E-state index contributed by atoms with van der Waals surface area (Å²) in [5.74, 6) is 0.765. The molecule has 0 aliphatic carbocycles. The number of para-hydroxylation sites is 4. The number of hydrogen-bond acceptors (Lipinski definition) is 6.